The van der Waals surface area contributed by atoms with Crippen molar-refractivity contribution in [2.24, 2.45) is 5.73 Å². The topological polar surface area (TPSA) is 44.5 Å². The molecule has 0 aliphatic carbocycles. The van der Waals surface area contributed by atoms with Crippen LogP contribution in [0.2, 0.25) is 5.02 Å². The molecule has 0 bridgehead atoms. The summed E-state index contributed by atoms with van der Waals surface area (Å²) in [7, 11) is 0. The van der Waals surface area contributed by atoms with E-state index in [9.17, 15) is 4.39 Å². The standard InChI is InChI=1S/C16H15ClFNO2/c17-12-4-2-10(8-13(12)18)16(19)11-3-5-14-15(9-11)21-7-1-6-20-14/h2-5,8-9,16H,1,6-7,19H2. The van der Waals surface area contributed by atoms with Crippen LogP contribution in [0.4, 0.5) is 4.39 Å². The quantitative estimate of drug-likeness (QED) is 0.920. The first-order chi connectivity index (χ1) is 10.1. The summed E-state index contributed by atoms with van der Waals surface area (Å²) in [5, 5.41) is 0.0876. The van der Waals surface area contributed by atoms with E-state index in [2.05, 4.69) is 0 Å². The van der Waals surface area contributed by atoms with Gasteiger partial charge >= 0.3 is 0 Å². The van der Waals surface area contributed by atoms with E-state index in [-0.39, 0.29) is 5.02 Å². The SMILES string of the molecule is NC(c1ccc(Cl)c(F)c1)c1ccc2c(c1)OCCCO2. The minimum Gasteiger partial charge on any atom is -0.490 e. The fourth-order valence-electron chi connectivity index (χ4n) is 2.27. The molecule has 1 unspecified atom stereocenters. The fourth-order valence-corrected chi connectivity index (χ4v) is 2.39. The van der Waals surface area contributed by atoms with Gasteiger partial charge < -0.3 is 15.2 Å². The number of halogens is 2. The molecule has 0 saturated heterocycles. The normalized spacial score (nSPS) is 15.4. The van der Waals surface area contributed by atoms with E-state index in [4.69, 9.17) is 26.8 Å². The van der Waals surface area contributed by atoms with Crippen LogP contribution < -0.4 is 15.2 Å². The second-order valence-corrected chi connectivity index (χ2v) is 5.32. The van der Waals surface area contributed by atoms with Gasteiger partial charge in [-0.1, -0.05) is 23.7 Å². The summed E-state index contributed by atoms with van der Waals surface area (Å²) in [6.45, 7) is 1.25. The Bertz CT molecular complexity index is 663. The Balaban J connectivity index is 1.92. The number of hydrogen-bond donors (Lipinski definition) is 1. The van der Waals surface area contributed by atoms with Crippen LogP contribution in [0, 0.1) is 5.82 Å². The van der Waals surface area contributed by atoms with Crippen molar-refractivity contribution in [2.75, 3.05) is 13.2 Å². The molecule has 1 aliphatic rings. The minimum atomic E-state index is -0.473. The van der Waals surface area contributed by atoms with Gasteiger partial charge in [0.1, 0.15) is 5.82 Å². The Labute approximate surface area is 127 Å². The highest BCUT2D eigenvalue weighted by atomic mass is 35.5. The molecule has 2 aromatic rings. The average molecular weight is 308 g/mol. The molecular formula is C16H15ClFNO2. The van der Waals surface area contributed by atoms with Gasteiger partial charge in [-0.15, -0.1) is 0 Å². The van der Waals surface area contributed by atoms with Gasteiger partial charge in [-0.2, -0.15) is 0 Å². The molecule has 5 heteroatoms. The van der Waals surface area contributed by atoms with E-state index in [1.807, 2.05) is 18.2 Å². The van der Waals surface area contributed by atoms with Gasteiger partial charge in [0, 0.05) is 6.42 Å². The maximum absolute atomic E-state index is 13.6. The number of nitrogens with two attached hydrogens (primary N) is 1. The molecule has 3 rings (SSSR count). The monoisotopic (exact) mass is 307 g/mol. The third-order valence-corrected chi connectivity index (χ3v) is 3.74. The number of benzene rings is 2. The molecule has 110 valence electrons. The summed E-state index contributed by atoms with van der Waals surface area (Å²) >= 11 is 5.69. The molecule has 0 radical (unpaired) electrons. The maximum atomic E-state index is 13.6. The molecule has 2 N–H and O–H groups in total. The van der Waals surface area contributed by atoms with Crippen LogP contribution in [0.3, 0.4) is 0 Å². The van der Waals surface area contributed by atoms with Gasteiger partial charge in [-0.25, -0.2) is 4.39 Å². The smallest absolute Gasteiger partial charge is 0.161 e. The lowest BCUT2D eigenvalue weighted by Gasteiger charge is -2.15. The number of rotatable bonds is 2. The molecule has 2 aromatic carbocycles. The maximum Gasteiger partial charge on any atom is 0.161 e. The fraction of sp³-hybridized carbons (Fsp3) is 0.250. The number of fused-ring (bicyclic) bond motifs is 1. The van der Waals surface area contributed by atoms with Crippen LogP contribution >= 0.6 is 11.6 Å². The molecule has 0 saturated carbocycles. The van der Waals surface area contributed by atoms with E-state index < -0.39 is 11.9 Å². The van der Waals surface area contributed by atoms with Gasteiger partial charge in [-0.05, 0) is 35.4 Å². The van der Waals surface area contributed by atoms with E-state index in [0.29, 0.717) is 30.3 Å². The molecule has 1 heterocycles. The lowest BCUT2D eigenvalue weighted by molar-refractivity contribution is 0.297. The average Bonchev–Trinajstić information content (AvgIpc) is 2.73. The second-order valence-electron chi connectivity index (χ2n) is 4.91. The highest BCUT2D eigenvalue weighted by Gasteiger charge is 2.16. The second kappa shape index (κ2) is 5.92. The Kier molecular flexibility index (Phi) is 3.99. The lowest BCUT2D eigenvalue weighted by Crippen LogP contribution is -2.12. The van der Waals surface area contributed by atoms with Crippen LogP contribution in [0.15, 0.2) is 36.4 Å². The van der Waals surface area contributed by atoms with Gasteiger partial charge in [0.25, 0.3) is 0 Å². The van der Waals surface area contributed by atoms with Gasteiger partial charge in [0.05, 0.1) is 24.3 Å². The largest absolute Gasteiger partial charge is 0.490 e. The van der Waals surface area contributed by atoms with Crippen LogP contribution in [0.25, 0.3) is 0 Å². The number of hydrogen-bond acceptors (Lipinski definition) is 3. The Hall–Kier alpha value is -1.78. The van der Waals surface area contributed by atoms with Crippen molar-refractivity contribution < 1.29 is 13.9 Å². The predicted octanol–water partition coefficient (Wildman–Crippen LogP) is 3.69. The highest BCUT2D eigenvalue weighted by Crippen LogP contribution is 2.33. The summed E-state index contributed by atoms with van der Waals surface area (Å²) in [4.78, 5) is 0. The molecule has 1 aliphatic heterocycles. The first-order valence-corrected chi connectivity index (χ1v) is 7.13. The van der Waals surface area contributed by atoms with Crippen molar-refractivity contribution in [1.82, 2.24) is 0 Å². The third kappa shape index (κ3) is 2.96. The molecule has 1 atom stereocenters. The highest BCUT2D eigenvalue weighted by molar-refractivity contribution is 6.30. The number of ether oxygens (including phenoxy) is 2. The molecule has 3 nitrogen and oxygen atoms in total. The molecule has 0 fully saturated rings. The van der Waals surface area contributed by atoms with Crippen molar-refractivity contribution in [2.45, 2.75) is 12.5 Å². The summed E-state index contributed by atoms with van der Waals surface area (Å²) < 4.78 is 24.8. The Morgan fingerprint density at radius 1 is 1.00 bits per heavy atom. The van der Waals surface area contributed by atoms with E-state index in [0.717, 1.165) is 12.0 Å². The molecule has 0 spiro atoms. The zero-order valence-electron chi connectivity index (χ0n) is 11.3. The van der Waals surface area contributed by atoms with Crippen molar-refractivity contribution in [3.05, 3.63) is 58.4 Å². The van der Waals surface area contributed by atoms with Crippen molar-refractivity contribution in [3.8, 4) is 11.5 Å². The van der Waals surface area contributed by atoms with Crippen LogP contribution in [-0.4, -0.2) is 13.2 Å². The summed E-state index contributed by atoms with van der Waals surface area (Å²) in [6.07, 6.45) is 0.846. The Morgan fingerprint density at radius 3 is 2.43 bits per heavy atom. The van der Waals surface area contributed by atoms with Crippen LogP contribution in [-0.2, 0) is 0 Å². The summed E-state index contributed by atoms with van der Waals surface area (Å²) in [5.41, 5.74) is 7.69. The Morgan fingerprint density at radius 2 is 1.67 bits per heavy atom. The zero-order chi connectivity index (χ0) is 14.8. The van der Waals surface area contributed by atoms with Crippen molar-refractivity contribution in [1.29, 1.82) is 0 Å². The van der Waals surface area contributed by atoms with E-state index in [1.54, 1.807) is 6.07 Å². The molecule has 0 aromatic heterocycles. The van der Waals surface area contributed by atoms with Crippen molar-refractivity contribution >= 4 is 11.6 Å². The molecular weight excluding hydrogens is 293 g/mol. The lowest BCUT2D eigenvalue weighted by atomic mass is 9.99. The predicted molar refractivity (Wildman–Crippen MR) is 79.5 cm³/mol. The summed E-state index contributed by atoms with van der Waals surface area (Å²) in [5.74, 6) is 0.916. The van der Waals surface area contributed by atoms with Crippen LogP contribution in [0.5, 0.6) is 11.5 Å². The minimum absolute atomic E-state index is 0.0876. The van der Waals surface area contributed by atoms with E-state index in [1.165, 1.54) is 12.1 Å². The van der Waals surface area contributed by atoms with Crippen molar-refractivity contribution in [3.63, 3.8) is 0 Å². The first kappa shape index (κ1) is 14.2. The van der Waals surface area contributed by atoms with Gasteiger partial charge in [-0.3, -0.25) is 0 Å². The molecule has 0 amide bonds. The van der Waals surface area contributed by atoms with Gasteiger partial charge in [0.15, 0.2) is 11.5 Å². The zero-order valence-corrected chi connectivity index (χ0v) is 12.1. The molecule has 21 heavy (non-hydrogen) atoms. The van der Waals surface area contributed by atoms with Crippen LogP contribution in [0.1, 0.15) is 23.6 Å². The first-order valence-electron chi connectivity index (χ1n) is 6.75. The summed E-state index contributed by atoms with van der Waals surface area (Å²) in [6, 6.07) is 9.68. The van der Waals surface area contributed by atoms with Gasteiger partial charge in [0.2, 0.25) is 0 Å². The van der Waals surface area contributed by atoms with E-state index >= 15 is 0 Å². The third-order valence-electron chi connectivity index (χ3n) is 3.43.